The lowest BCUT2D eigenvalue weighted by Crippen LogP contribution is -2.02. The van der Waals surface area contributed by atoms with Crippen LogP contribution >= 0.6 is 31.9 Å². The van der Waals surface area contributed by atoms with Crippen molar-refractivity contribution in [1.29, 1.82) is 0 Å². The molecule has 1 aliphatic rings. The number of rotatable bonds is 2. The van der Waals surface area contributed by atoms with E-state index in [1.165, 1.54) is 0 Å². The van der Waals surface area contributed by atoms with E-state index in [-0.39, 0.29) is 5.78 Å². The third-order valence-electron chi connectivity index (χ3n) is 3.33. The predicted octanol–water partition coefficient (Wildman–Crippen LogP) is 4.69. The molecule has 0 fully saturated rings. The van der Waals surface area contributed by atoms with E-state index in [4.69, 9.17) is 0 Å². The first-order valence-electron chi connectivity index (χ1n) is 5.68. The highest BCUT2D eigenvalue weighted by molar-refractivity contribution is 9.08. The lowest BCUT2D eigenvalue weighted by Gasteiger charge is -2.03. The van der Waals surface area contributed by atoms with Crippen LogP contribution < -0.4 is 0 Å². The van der Waals surface area contributed by atoms with E-state index in [9.17, 15) is 4.79 Å². The second-order valence-electron chi connectivity index (χ2n) is 4.28. The van der Waals surface area contributed by atoms with Crippen LogP contribution in [0.3, 0.4) is 0 Å². The number of halogens is 2. The summed E-state index contributed by atoms with van der Waals surface area (Å²) in [6.07, 6.45) is 0. The van der Waals surface area contributed by atoms with Gasteiger partial charge in [0.1, 0.15) is 0 Å². The number of carbonyl (C=O) groups is 1. The Hall–Kier alpha value is -0.930. The highest BCUT2D eigenvalue weighted by Crippen LogP contribution is 2.40. The third-order valence-corrected chi connectivity index (χ3v) is 4.54. The fourth-order valence-electron chi connectivity index (χ4n) is 2.53. The molecule has 0 aliphatic heterocycles. The number of fused-ring (bicyclic) bond motifs is 3. The molecule has 0 aromatic heterocycles. The third kappa shape index (κ3) is 1.61. The van der Waals surface area contributed by atoms with E-state index in [2.05, 4.69) is 31.9 Å². The Morgan fingerprint density at radius 1 is 0.778 bits per heavy atom. The van der Waals surface area contributed by atoms with Crippen LogP contribution in [0.1, 0.15) is 27.0 Å². The molecule has 0 radical (unpaired) electrons. The number of alkyl halides is 2. The Kier molecular flexibility index (Phi) is 3.12. The number of ketones is 1. The maximum Gasteiger partial charge on any atom is 0.194 e. The first-order chi connectivity index (χ1) is 8.77. The van der Waals surface area contributed by atoms with Crippen LogP contribution in [-0.4, -0.2) is 5.78 Å². The van der Waals surface area contributed by atoms with Crippen molar-refractivity contribution in [2.45, 2.75) is 10.7 Å². The molecule has 0 spiro atoms. The maximum atomic E-state index is 12.6. The molecule has 90 valence electrons. The minimum absolute atomic E-state index is 0.158. The van der Waals surface area contributed by atoms with Crippen LogP contribution in [0, 0.1) is 0 Å². The van der Waals surface area contributed by atoms with E-state index in [1.807, 2.05) is 36.4 Å². The van der Waals surface area contributed by atoms with Crippen LogP contribution in [0.25, 0.3) is 11.1 Å². The van der Waals surface area contributed by atoms with E-state index < -0.39 is 0 Å². The van der Waals surface area contributed by atoms with Gasteiger partial charge in [0.15, 0.2) is 5.78 Å². The van der Waals surface area contributed by atoms with Gasteiger partial charge < -0.3 is 0 Å². The smallest absolute Gasteiger partial charge is 0.194 e. The van der Waals surface area contributed by atoms with Crippen LogP contribution in [-0.2, 0) is 10.7 Å². The highest BCUT2D eigenvalue weighted by Gasteiger charge is 2.30. The molecule has 18 heavy (non-hydrogen) atoms. The molecule has 0 saturated carbocycles. The molecular formula is C15H10Br2O. The van der Waals surface area contributed by atoms with Gasteiger partial charge >= 0.3 is 0 Å². The van der Waals surface area contributed by atoms with Gasteiger partial charge in [-0.05, 0) is 22.3 Å². The van der Waals surface area contributed by atoms with Crippen molar-refractivity contribution >= 4 is 37.6 Å². The quantitative estimate of drug-likeness (QED) is 0.602. The Balaban J connectivity index is 2.34. The molecular weight excluding hydrogens is 356 g/mol. The SMILES string of the molecule is O=C1c2c(CBr)cccc2-c2cccc(CBr)c21. The van der Waals surface area contributed by atoms with Crippen molar-refractivity contribution in [3.05, 3.63) is 58.7 Å². The zero-order valence-corrected chi connectivity index (χ0v) is 12.7. The number of hydrogen-bond donors (Lipinski definition) is 0. The van der Waals surface area contributed by atoms with E-state index in [0.717, 1.165) is 33.4 Å². The fraction of sp³-hybridized carbons (Fsp3) is 0.133. The second-order valence-corrected chi connectivity index (χ2v) is 5.40. The van der Waals surface area contributed by atoms with E-state index in [1.54, 1.807) is 0 Å². The first-order valence-corrected chi connectivity index (χ1v) is 7.93. The number of hydrogen-bond acceptors (Lipinski definition) is 1. The van der Waals surface area contributed by atoms with Crippen molar-refractivity contribution in [3.8, 4) is 11.1 Å². The Bertz CT molecular complexity index is 591. The van der Waals surface area contributed by atoms with Gasteiger partial charge in [-0.25, -0.2) is 0 Å². The van der Waals surface area contributed by atoms with Gasteiger partial charge in [-0.15, -0.1) is 0 Å². The molecule has 0 atom stereocenters. The summed E-state index contributed by atoms with van der Waals surface area (Å²) >= 11 is 6.91. The van der Waals surface area contributed by atoms with Gasteiger partial charge in [-0.2, -0.15) is 0 Å². The summed E-state index contributed by atoms with van der Waals surface area (Å²) in [6, 6.07) is 12.1. The van der Waals surface area contributed by atoms with Crippen LogP contribution in [0.4, 0.5) is 0 Å². The minimum Gasteiger partial charge on any atom is -0.289 e. The summed E-state index contributed by atoms with van der Waals surface area (Å²) in [4.78, 5) is 12.6. The molecule has 0 saturated heterocycles. The zero-order chi connectivity index (χ0) is 12.7. The topological polar surface area (TPSA) is 17.1 Å². The molecule has 0 amide bonds. The lowest BCUT2D eigenvalue weighted by atomic mass is 10.0. The summed E-state index contributed by atoms with van der Waals surface area (Å²) in [5, 5.41) is 1.42. The fourth-order valence-corrected chi connectivity index (χ4v) is 3.47. The van der Waals surface area contributed by atoms with Crippen molar-refractivity contribution in [1.82, 2.24) is 0 Å². The van der Waals surface area contributed by atoms with Gasteiger partial charge in [0.2, 0.25) is 0 Å². The van der Waals surface area contributed by atoms with Gasteiger partial charge in [-0.3, -0.25) is 4.79 Å². The van der Waals surface area contributed by atoms with E-state index >= 15 is 0 Å². The average molecular weight is 366 g/mol. The van der Waals surface area contributed by atoms with E-state index in [0.29, 0.717) is 10.7 Å². The van der Waals surface area contributed by atoms with Crippen molar-refractivity contribution in [3.63, 3.8) is 0 Å². The molecule has 0 unspecified atom stereocenters. The van der Waals surface area contributed by atoms with Gasteiger partial charge in [-0.1, -0.05) is 68.3 Å². The Labute approximate surface area is 122 Å². The zero-order valence-electron chi connectivity index (χ0n) is 9.54. The van der Waals surface area contributed by atoms with Crippen molar-refractivity contribution in [2.75, 3.05) is 0 Å². The summed E-state index contributed by atoms with van der Waals surface area (Å²) in [5.41, 5.74) is 5.98. The predicted molar refractivity (Wildman–Crippen MR) is 80.6 cm³/mol. The lowest BCUT2D eigenvalue weighted by molar-refractivity contribution is 0.104. The second kappa shape index (κ2) is 4.63. The van der Waals surface area contributed by atoms with Crippen LogP contribution in [0.5, 0.6) is 0 Å². The van der Waals surface area contributed by atoms with Gasteiger partial charge in [0.05, 0.1) is 0 Å². The summed E-state index contributed by atoms with van der Waals surface area (Å²) in [6.45, 7) is 0. The standard InChI is InChI=1S/C15H10Br2O/c16-7-9-3-1-5-11-12-6-2-4-10(8-17)14(12)15(18)13(9)11/h1-6H,7-8H2. The molecule has 3 rings (SSSR count). The highest BCUT2D eigenvalue weighted by atomic mass is 79.9. The number of benzene rings is 2. The largest absolute Gasteiger partial charge is 0.289 e. The minimum atomic E-state index is 0.158. The molecule has 2 aromatic rings. The Morgan fingerprint density at radius 2 is 1.22 bits per heavy atom. The van der Waals surface area contributed by atoms with Gasteiger partial charge in [0, 0.05) is 21.8 Å². The average Bonchev–Trinajstić information content (AvgIpc) is 2.73. The molecule has 0 bridgehead atoms. The summed E-state index contributed by atoms with van der Waals surface area (Å²) in [7, 11) is 0. The number of carbonyl (C=O) groups excluding carboxylic acids is 1. The monoisotopic (exact) mass is 364 g/mol. The molecule has 0 heterocycles. The summed E-state index contributed by atoms with van der Waals surface area (Å²) in [5.74, 6) is 0.158. The molecule has 3 heteroatoms. The van der Waals surface area contributed by atoms with Gasteiger partial charge in [0.25, 0.3) is 0 Å². The normalized spacial score (nSPS) is 12.4. The molecule has 0 N–H and O–H groups in total. The first kappa shape index (κ1) is 12.1. The van der Waals surface area contributed by atoms with Crippen molar-refractivity contribution in [2.24, 2.45) is 0 Å². The summed E-state index contributed by atoms with van der Waals surface area (Å²) < 4.78 is 0. The Morgan fingerprint density at radius 3 is 1.61 bits per heavy atom. The van der Waals surface area contributed by atoms with Crippen LogP contribution in [0.15, 0.2) is 36.4 Å². The van der Waals surface area contributed by atoms with Crippen molar-refractivity contribution < 1.29 is 4.79 Å². The molecule has 2 aromatic carbocycles. The molecule has 1 nitrogen and oxygen atoms in total. The molecule has 1 aliphatic carbocycles. The van der Waals surface area contributed by atoms with Crippen LogP contribution in [0.2, 0.25) is 0 Å². The maximum absolute atomic E-state index is 12.6.